The third kappa shape index (κ3) is 5.95. The first-order valence-electron chi connectivity index (χ1n) is 12.6. The average molecular weight is 506 g/mol. The quantitative estimate of drug-likeness (QED) is 0.365. The number of hydrogen-bond acceptors (Lipinski definition) is 6. The Bertz CT molecular complexity index is 1180. The molecule has 5 rings (SSSR count). The zero-order chi connectivity index (χ0) is 25.0. The van der Waals surface area contributed by atoms with Crippen LogP contribution in [-0.4, -0.2) is 37.1 Å². The van der Waals surface area contributed by atoms with Crippen molar-refractivity contribution in [3.8, 4) is 0 Å². The van der Waals surface area contributed by atoms with Crippen LogP contribution < -0.4 is 5.32 Å². The maximum absolute atomic E-state index is 12.6. The third-order valence-electron chi connectivity index (χ3n) is 7.78. The van der Waals surface area contributed by atoms with E-state index >= 15 is 0 Å². The highest BCUT2D eigenvalue weighted by atomic mass is 32.2. The van der Waals surface area contributed by atoms with Gasteiger partial charge in [-0.25, -0.2) is 0 Å². The molecule has 3 aromatic rings. The summed E-state index contributed by atoms with van der Waals surface area (Å²) in [5.41, 5.74) is 2.10. The number of pyridine rings is 1. The van der Waals surface area contributed by atoms with Gasteiger partial charge in [-0.15, -0.1) is 10.2 Å². The molecule has 2 saturated carbocycles. The van der Waals surface area contributed by atoms with Gasteiger partial charge in [-0.1, -0.05) is 30.0 Å². The molecule has 2 aliphatic rings. The molecule has 1 spiro atoms. The standard InChI is InChI=1S/C27H31N5O3S/c33-23(34)16-18-8-12-27(13-9-18)14-10-19(11-15-27)22-7-6-20(17-28-22)29-25(35)24-30-26(32-31-24)36-21-4-2-1-3-5-21/h1-7,17-19H,8-16H2,(H,29,35)(H,33,34)(H,30,31,32). The second-order valence-electron chi connectivity index (χ2n) is 10.1. The second-order valence-corrected chi connectivity index (χ2v) is 11.2. The first-order valence-corrected chi connectivity index (χ1v) is 13.4. The van der Waals surface area contributed by atoms with Crippen LogP contribution in [0.25, 0.3) is 0 Å². The topological polar surface area (TPSA) is 121 Å². The van der Waals surface area contributed by atoms with Gasteiger partial charge in [-0.2, -0.15) is 0 Å². The number of hydrogen-bond donors (Lipinski definition) is 3. The predicted molar refractivity (Wildman–Crippen MR) is 137 cm³/mol. The number of nitrogens with zero attached hydrogens (tertiary/aromatic N) is 3. The summed E-state index contributed by atoms with van der Waals surface area (Å²) in [6, 6.07) is 13.7. The van der Waals surface area contributed by atoms with E-state index in [1.807, 2.05) is 42.5 Å². The van der Waals surface area contributed by atoms with E-state index in [0.29, 0.717) is 34.5 Å². The fourth-order valence-electron chi connectivity index (χ4n) is 5.67. The van der Waals surface area contributed by atoms with Crippen LogP contribution in [0.3, 0.4) is 0 Å². The molecule has 3 N–H and O–H groups in total. The van der Waals surface area contributed by atoms with Crippen molar-refractivity contribution in [3.63, 3.8) is 0 Å². The number of carbonyl (C=O) groups excluding carboxylic acids is 1. The van der Waals surface area contributed by atoms with Gasteiger partial charge < -0.3 is 15.4 Å². The summed E-state index contributed by atoms with van der Waals surface area (Å²) in [5, 5.41) is 20.5. The third-order valence-corrected chi connectivity index (χ3v) is 8.66. The lowest BCUT2D eigenvalue weighted by atomic mass is 9.61. The molecule has 2 fully saturated rings. The van der Waals surface area contributed by atoms with E-state index in [-0.39, 0.29) is 11.7 Å². The number of carboxylic acid groups (broad SMARTS) is 1. The molecule has 1 aromatic carbocycles. The van der Waals surface area contributed by atoms with E-state index in [9.17, 15) is 9.59 Å². The summed E-state index contributed by atoms with van der Waals surface area (Å²) in [5.74, 6) is -0.0772. The lowest BCUT2D eigenvalue weighted by Crippen LogP contribution is -2.32. The SMILES string of the molecule is O=C(O)CC1CCC2(CC1)CCC(c1ccc(NC(=O)c3nnc(Sc4ccccc4)[nH]3)cn1)CC2. The second kappa shape index (κ2) is 10.8. The van der Waals surface area contributed by atoms with Crippen molar-refractivity contribution in [3.05, 3.63) is 60.2 Å². The van der Waals surface area contributed by atoms with Crippen molar-refractivity contribution in [1.82, 2.24) is 20.2 Å². The number of rotatable bonds is 7. The maximum atomic E-state index is 12.6. The van der Waals surface area contributed by atoms with Crippen LogP contribution in [0, 0.1) is 11.3 Å². The van der Waals surface area contributed by atoms with Gasteiger partial charge in [0, 0.05) is 22.9 Å². The zero-order valence-corrected chi connectivity index (χ0v) is 21.0. The van der Waals surface area contributed by atoms with E-state index in [4.69, 9.17) is 5.11 Å². The molecular formula is C27H31N5O3S. The number of carbonyl (C=O) groups is 2. The molecule has 2 heterocycles. The molecule has 0 radical (unpaired) electrons. The molecule has 0 unspecified atom stereocenters. The number of aromatic amines is 1. The van der Waals surface area contributed by atoms with Crippen LogP contribution in [0.5, 0.6) is 0 Å². The number of aliphatic carboxylic acids is 1. The maximum Gasteiger partial charge on any atom is 0.303 e. The fourth-order valence-corrected chi connectivity index (χ4v) is 6.42. The molecule has 2 aliphatic carbocycles. The van der Waals surface area contributed by atoms with Crippen LogP contribution in [0.15, 0.2) is 58.7 Å². The molecule has 188 valence electrons. The summed E-state index contributed by atoms with van der Waals surface area (Å²) in [4.78, 5) is 32.3. The summed E-state index contributed by atoms with van der Waals surface area (Å²) >= 11 is 1.42. The molecule has 8 nitrogen and oxygen atoms in total. The van der Waals surface area contributed by atoms with Crippen LogP contribution >= 0.6 is 11.8 Å². The zero-order valence-electron chi connectivity index (χ0n) is 20.2. The molecule has 1 amide bonds. The Hall–Kier alpha value is -3.20. The van der Waals surface area contributed by atoms with Gasteiger partial charge in [0.25, 0.3) is 5.91 Å². The van der Waals surface area contributed by atoms with Gasteiger partial charge in [0.15, 0.2) is 5.16 Å². The molecule has 2 aromatic heterocycles. The van der Waals surface area contributed by atoms with E-state index < -0.39 is 5.97 Å². The van der Waals surface area contributed by atoms with Gasteiger partial charge in [0.05, 0.1) is 11.9 Å². The Kier molecular flexibility index (Phi) is 7.36. The molecule has 36 heavy (non-hydrogen) atoms. The summed E-state index contributed by atoms with van der Waals surface area (Å²) in [6.07, 6.45) is 11.0. The number of carboxylic acids is 1. The first kappa shape index (κ1) is 24.5. The summed E-state index contributed by atoms with van der Waals surface area (Å²) in [7, 11) is 0. The smallest absolute Gasteiger partial charge is 0.303 e. The molecule has 0 atom stereocenters. The minimum atomic E-state index is -0.669. The largest absolute Gasteiger partial charge is 0.481 e. The van der Waals surface area contributed by atoms with E-state index in [0.717, 1.165) is 49.1 Å². The van der Waals surface area contributed by atoms with E-state index in [2.05, 4.69) is 25.5 Å². The Morgan fingerprint density at radius 3 is 2.39 bits per heavy atom. The van der Waals surface area contributed by atoms with Crippen LogP contribution in [0.4, 0.5) is 5.69 Å². The predicted octanol–water partition coefficient (Wildman–Crippen LogP) is 5.91. The number of amides is 1. The van der Waals surface area contributed by atoms with Gasteiger partial charge >= 0.3 is 5.97 Å². The Morgan fingerprint density at radius 2 is 1.72 bits per heavy atom. The van der Waals surface area contributed by atoms with E-state index in [1.165, 1.54) is 24.6 Å². The molecule has 9 heteroatoms. The van der Waals surface area contributed by atoms with Crippen molar-refractivity contribution in [2.24, 2.45) is 11.3 Å². The van der Waals surface area contributed by atoms with Gasteiger partial charge in [-0.05, 0) is 87.0 Å². The first-order chi connectivity index (χ1) is 17.5. The number of benzene rings is 1. The monoisotopic (exact) mass is 505 g/mol. The number of H-pyrrole nitrogens is 1. The number of aromatic nitrogens is 4. The fraction of sp³-hybridized carbons (Fsp3) is 0.444. The van der Waals surface area contributed by atoms with Crippen molar-refractivity contribution >= 4 is 29.3 Å². The molecule has 0 bridgehead atoms. The lowest BCUT2D eigenvalue weighted by molar-refractivity contribution is -0.138. The van der Waals surface area contributed by atoms with Crippen LogP contribution in [0.1, 0.15) is 80.0 Å². The normalized spacial score (nSPS) is 23.9. The number of nitrogens with one attached hydrogen (secondary N) is 2. The van der Waals surface area contributed by atoms with Crippen LogP contribution in [-0.2, 0) is 4.79 Å². The van der Waals surface area contributed by atoms with Crippen molar-refractivity contribution in [1.29, 1.82) is 0 Å². The molecular weight excluding hydrogens is 474 g/mol. The summed E-state index contributed by atoms with van der Waals surface area (Å²) in [6.45, 7) is 0. The Balaban J connectivity index is 1.11. The molecule has 0 saturated heterocycles. The highest BCUT2D eigenvalue weighted by Gasteiger charge is 2.39. The van der Waals surface area contributed by atoms with Crippen molar-refractivity contribution in [2.75, 3.05) is 5.32 Å². The van der Waals surface area contributed by atoms with Gasteiger partial charge in [0.2, 0.25) is 5.82 Å². The van der Waals surface area contributed by atoms with Gasteiger partial charge in [0.1, 0.15) is 0 Å². The minimum absolute atomic E-state index is 0.160. The summed E-state index contributed by atoms with van der Waals surface area (Å²) < 4.78 is 0. The van der Waals surface area contributed by atoms with E-state index in [1.54, 1.807) is 6.20 Å². The van der Waals surface area contributed by atoms with Crippen molar-refractivity contribution in [2.45, 2.75) is 73.8 Å². The molecule has 0 aliphatic heterocycles. The Labute approximate surface area is 214 Å². The van der Waals surface area contributed by atoms with Crippen molar-refractivity contribution < 1.29 is 14.7 Å². The highest BCUT2D eigenvalue weighted by Crippen LogP contribution is 2.52. The minimum Gasteiger partial charge on any atom is -0.481 e. The average Bonchev–Trinajstić information content (AvgIpc) is 3.36. The van der Waals surface area contributed by atoms with Gasteiger partial charge in [-0.3, -0.25) is 14.6 Å². The highest BCUT2D eigenvalue weighted by molar-refractivity contribution is 7.99. The Morgan fingerprint density at radius 1 is 1.00 bits per heavy atom. The number of anilines is 1. The lowest BCUT2D eigenvalue weighted by Gasteiger charge is -2.44. The van der Waals surface area contributed by atoms with Crippen LogP contribution in [0.2, 0.25) is 0 Å².